The third-order valence-corrected chi connectivity index (χ3v) is 3.28. The average molecular weight is 283 g/mol. The van der Waals surface area contributed by atoms with Gasteiger partial charge in [0.1, 0.15) is 5.92 Å². The molecule has 102 valence electrons. The number of rotatable bonds is 3. The zero-order valence-electron chi connectivity index (χ0n) is 10.2. The molecular formula is C13H15ClN2O3. The van der Waals surface area contributed by atoms with Gasteiger partial charge in [-0.25, -0.2) is 0 Å². The van der Waals surface area contributed by atoms with E-state index in [1.807, 2.05) is 6.07 Å². The predicted molar refractivity (Wildman–Crippen MR) is 70.4 cm³/mol. The van der Waals surface area contributed by atoms with Crippen LogP contribution in [0.2, 0.25) is 5.02 Å². The van der Waals surface area contributed by atoms with Crippen LogP contribution >= 0.6 is 11.6 Å². The Morgan fingerprint density at radius 1 is 1.53 bits per heavy atom. The van der Waals surface area contributed by atoms with Gasteiger partial charge in [0.2, 0.25) is 11.8 Å². The summed E-state index contributed by atoms with van der Waals surface area (Å²) in [5.41, 5.74) is 0.839. The lowest BCUT2D eigenvalue weighted by molar-refractivity contribution is -0.142. The van der Waals surface area contributed by atoms with Crippen molar-refractivity contribution < 1.29 is 14.7 Å². The standard InChI is InChI=1S/C13H15ClN2O3/c14-9-3-1-2-8(6-9)7-16-13(19)11-10(17)4-5-15-12(11)18/h1-3,6,10-11,17H,4-5,7H2,(H,15,18)(H,16,19). The van der Waals surface area contributed by atoms with Crippen LogP contribution in [0.3, 0.4) is 0 Å². The van der Waals surface area contributed by atoms with Gasteiger partial charge in [-0.2, -0.15) is 0 Å². The van der Waals surface area contributed by atoms with Crippen LogP contribution in [-0.2, 0) is 16.1 Å². The fraction of sp³-hybridized carbons (Fsp3) is 0.385. The quantitative estimate of drug-likeness (QED) is 0.705. The minimum absolute atomic E-state index is 0.274. The van der Waals surface area contributed by atoms with E-state index in [4.69, 9.17) is 11.6 Å². The van der Waals surface area contributed by atoms with E-state index in [1.165, 1.54) is 0 Å². The lowest BCUT2D eigenvalue weighted by atomic mass is 9.94. The molecule has 6 heteroatoms. The third-order valence-electron chi connectivity index (χ3n) is 3.04. The molecule has 0 spiro atoms. The van der Waals surface area contributed by atoms with Crippen LogP contribution < -0.4 is 10.6 Å². The number of amides is 2. The summed E-state index contributed by atoms with van der Waals surface area (Å²) in [7, 11) is 0. The summed E-state index contributed by atoms with van der Waals surface area (Å²) >= 11 is 5.84. The molecule has 19 heavy (non-hydrogen) atoms. The second kappa shape index (κ2) is 6.04. The van der Waals surface area contributed by atoms with Crippen LogP contribution in [0.1, 0.15) is 12.0 Å². The van der Waals surface area contributed by atoms with Gasteiger partial charge in [-0.3, -0.25) is 9.59 Å². The SMILES string of the molecule is O=C1NCCC(O)C1C(=O)NCc1cccc(Cl)c1. The van der Waals surface area contributed by atoms with Crippen molar-refractivity contribution in [2.24, 2.45) is 5.92 Å². The van der Waals surface area contributed by atoms with E-state index in [1.54, 1.807) is 18.2 Å². The van der Waals surface area contributed by atoms with E-state index < -0.39 is 23.8 Å². The number of hydrogen-bond donors (Lipinski definition) is 3. The minimum atomic E-state index is -1.03. The smallest absolute Gasteiger partial charge is 0.235 e. The molecule has 2 atom stereocenters. The number of carbonyl (C=O) groups is 2. The molecule has 0 bridgehead atoms. The van der Waals surface area contributed by atoms with E-state index in [-0.39, 0.29) is 6.54 Å². The summed E-state index contributed by atoms with van der Waals surface area (Å²) in [5.74, 6) is -1.93. The lowest BCUT2D eigenvalue weighted by Crippen LogP contribution is -2.51. The summed E-state index contributed by atoms with van der Waals surface area (Å²) in [6, 6.07) is 7.08. The number of halogens is 1. The van der Waals surface area contributed by atoms with Gasteiger partial charge in [0, 0.05) is 18.1 Å². The molecule has 1 aromatic carbocycles. The summed E-state index contributed by atoms with van der Waals surface area (Å²) in [5, 5.41) is 15.5. The molecule has 0 radical (unpaired) electrons. The van der Waals surface area contributed by atoms with Gasteiger partial charge < -0.3 is 15.7 Å². The van der Waals surface area contributed by atoms with Gasteiger partial charge in [-0.15, -0.1) is 0 Å². The van der Waals surface area contributed by atoms with Crippen LogP contribution in [0.25, 0.3) is 0 Å². The van der Waals surface area contributed by atoms with Gasteiger partial charge in [-0.1, -0.05) is 23.7 Å². The number of benzene rings is 1. The van der Waals surface area contributed by atoms with Crippen LogP contribution in [0.4, 0.5) is 0 Å². The zero-order chi connectivity index (χ0) is 13.8. The van der Waals surface area contributed by atoms with Crippen molar-refractivity contribution in [3.05, 3.63) is 34.9 Å². The predicted octanol–water partition coefficient (Wildman–Crippen LogP) is 0.453. The zero-order valence-corrected chi connectivity index (χ0v) is 11.0. The van der Waals surface area contributed by atoms with Gasteiger partial charge in [-0.05, 0) is 24.1 Å². The summed E-state index contributed by atoms with van der Waals surface area (Å²) in [4.78, 5) is 23.5. The monoisotopic (exact) mass is 282 g/mol. The Labute approximate surface area is 116 Å². The van der Waals surface area contributed by atoms with Gasteiger partial charge in [0.05, 0.1) is 6.10 Å². The molecule has 1 heterocycles. The minimum Gasteiger partial charge on any atom is -0.392 e. The van der Waals surface area contributed by atoms with Crippen LogP contribution in [0.5, 0.6) is 0 Å². The van der Waals surface area contributed by atoms with Crippen molar-refractivity contribution in [1.29, 1.82) is 0 Å². The van der Waals surface area contributed by atoms with Crippen molar-refractivity contribution in [3.8, 4) is 0 Å². The van der Waals surface area contributed by atoms with E-state index in [2.05, 4.69) is 10.6 Å². The van der Waals surface area contributed by atoms with Crippen molar-refractivity contribution in [2.75, 3.05) is 6.54 Å². The second-order valence-electron chi connectivity index (χ2n) is 4.47. The number of aliphatic hydroxyl groups excluding tert-OH is 1. The number of carbonyl (C=O) groups excluding carboxylic acids is 2. The highest BCUT2D eigenvalue weighted by atomic mass is 35.5. The fourth-order valence-corrected chi connectivity index (χ4v) is 2.25. The molecule has 0 aliphatic carbocycles. The molecule has 5 nitrogen and oxygen atoms in total. The normalized spacial score (nSPS) is 22.7. The fourth-order valence-electron chi connectivity index (χ4n) is 2.03. The van der Waals surface area contributed by atoms with Crippen LogP contribution in [-0.4, -0.2) is 29.6 Å². The van der Waals surface area contributed by atoms with Crippen molar-refractivity contribution in [1.82, 2.24) is 10.6 Å². The van der Waals surface area contributed by atoms with Crippen molar-refractivity contribution in [3.63, 3.8) is 0 Å². The topological polar surface area (TPSA) is 78.4 Å². The average Bonchev–Trinajstić information content (AvgIpc) is 2.36. The number of hydrogen-bond acceptors (Lipinski definition) is 3. The molecule has 0 saturated carbocycles. The Morgan fingerprint density at radius 2 is 2.32 bits per heavy atom. The highest BCUT2D eigenvalue weighted by molar-refractivity contribution is 6.30. The first-order valence-electron chi connectivity index (χ1n) is 6.06. The maximum absolute atomic E-state index is 11.9. The Balaban J connectivity index is 1.95. The first kappa shape index (κ1) is 13.8. The summed E-state index contributed by atoms with van der Waals surface area (Å²) < 4.78 is 0. The van der Waals surface area contributed by atoms with Crippen LogP contribution in [0.15, 0.2) is 24.3 Å². The van der Waals surface area contributed by atoms with E-state index in [9.17, 15) is 14.7 Å². The highest BCUT2D eigenvalue weighted by Gasteiger charge is 2.36. The lowest BCUT2D eigenvalue weighted by Gasteiger charge is -2.26. The number of piperidine rings is 1. The molecular weight excluding hydrogens is 268 g/mol. The van der Waals surface area contributed by atoms with Gasteiger partial charge >= 0.3 is 0 Å². The third kappa shape index (κ3) is 3.45. The molecule has 1 aliphatic heterocycles. The van der Waals surface area contributed by atoms with Crippen molar-refractivity contribution in [2.45, 2.75) is 19.1 Å². The van der Waals surface area contributed by atoms with Gasteiger partial charge in [0.15, 0.2) is 0 Å². The molecule has 1 aliphatic rings. The molecule has 1 fully saturated rings. The molecule has 2 unspecified atom stereocenters. The maximum Gasteiger partial charge on any atom is 0.235 e. The maximum atomic E-state index is 11.9. The molecule has 3 N–H and O–H groups in total. The Morgan fingerprint density at radius 3 is 3.00 bits per heavy atom. The first-order valence-corrected chi connectivity index (χ1v) is 6.43. The van der Waals surface area contributed by atoms with E-state index >= 15 is 0 Å². The Hall–Kier alpha value is -1.59. The van der Waals surface area contributed by atoms with Crippen LogP contribution in [0, 0.1) is 5.92 Å². The molecule has 2 amide bonds. The Bertz CT molecular complexity index is 493. The number of aliphatic hydroxyl groups is 1. The highest BCUT2D eigenvalue weighted by Crippen LogP contribution is 2.14. The summed E-state index contributed by atoms with van der Waals surface area (Å²) in [6.45, 7) is 0.675. The van der Waals surface area contributed by atoms with E-state index in [0.29, 0.717) is 18.0 Å². The number of nitrogens with one attached hydrogen (secondary N) is 2. The molecule has 1 saturated heterocycles. The first-order chi connectivity index (χ1) is 9.08. The van der Waals surface area contributed by atoms with Gasteiger partial charge in [0.25, 0.3) is 0 Å². The van der Waals surface area contributed by atoms with Crippen molar-refractivity contribution >= 4 is 23.4 Å². The molecule has 1 aromatic rings. The summed E-state index contributed by atoms with van der Waals surface area (Å²) in [6.07, 6.45) is -0.533. The molecule has 0 aromatic heterocycles. The molecule has 2 rings (SSSR count). The second-order valence-corrected chi connectivity index (χ2v) is 4.91. The largest absolute Gasteiger partial charge is 0.392 e. The Kier molecular flexibility index (Phi) is 4.39. The van der Waals surface area contributed by atoms with E-state index in [0.717, 1.165) is 5.56 Å².